The van der Waals surface area contributed by atoms with Crippen molar-refractivity contribution < 1.29 is 18.3 Å². The summed E-state index contributed by atoms with van der Waals surface area (Å²) in [5.41, 5.74) is 5.63. The highest BCUT2D eigenvalue weighted by molar-refractivity contribution is 5.69. The summed E-state index contributed by atoms with van der Waals surface area (Å²) >= 11 is 0. The first kappa shape index (κ1) is 13.0. The third-order valence-corrected chi connectivity index (χ3v) is 2.27. The number of esters is 1. The molecule has 0 unspecified atom stereocenters. The van der Waals surface area contributed by atoms with Gasteiger partial charge in [-0.2, -0.15) is 5.10 Å². The number of nitrogen functional groups attached to an aromatic ring is 1. The van der Waals surface area contributed by atoms with Crippen molar-refractivity contribution in [1.29, 1.82) is 0 Å². The predicted molar refractivity (Wildman–Crippen MR) is 62.8 cm³/mol. The molecular formula is C12H11F2N3O2. The maximum absolute atomic E-state index is 12.9. The molecule has 2 N–H and O–H groups in total. The van der Waals surface area contributed by atoms with Crippen LogP contribution in [0.3, 0.4) is 0 Å². The second-order valence-electron chi connectivity index (χ2n) is 3.88. The lowest BCUT2D eigenvalue weighted by atomic mass is 10.2. The number of aromatic nitrogens is 2. The van der Waals surface area contributed by atoms with Crippen molar-refractivity contribution in [1.82, 2.24) is 9.78 Å². The van der Waals surface area contributed by atoms with Gasteiger partial charge in [-0.05, 0) is 23.8 Å². The van der Waals surface area contributed by atoms with E-state index in [4.69, 9.17) is 10.5 Å². The molecule has 0 spiro atoms. The molecular weight excluding hydrogens is 256 g/mol. The van der Waals surface area contributed by atoms with Crippen LogP contribution in [-0.2, 0) is 22.7 Å². The lowest BCUT2D eigenvalue weighted by Gasteiger charge is -2.05. The molecule has 0 saturated heterocycles. The van der Waals surface area contributed by atoms with E-state index >= 15 is 0 Å². The minimum absolute atomic E-state index is 0.116. The predicted octanol–water partition coefficient (Wildman–Crippen LogP) is 1.49. The number of benzene rings is 1. The van der Waals surface area contributed by atoms with Gasteiger partial charge in [0, 0.05) is 12.3 Å². The van der Waals surface area contributed by atoms with Crippen LogP contribution < -0.4 is 5.73 Å². The smallest absolute Gasteiger partial charge is 0.328 e. The third kappa shape index (κ3) is 3.77. The number of carbonyl (C=O) groups is 1. The third-order valence-electron chi connectivity index (χ3n) is 2.27. The fourth-order valence-electron chi connectivity index (χ4n) is 1.50. The molecule has 0 radical (unpaired) electrons. The van der Waals surface area contributed by atoms with E-state index in [1.54, 1.807) is 0 Å². The van der Waals surface area contributed by atoms with Crippen LogP contribution in [0.5, 0.6) is 0 Å². The van der Waals surface area contributed by atoms with E-state index < -0.39 is 17.6 Å². The molecule has 1 heterocycles. The van der Waals surface area contributed by atoms with Gasteiger partial charge in [-0.15, -0.1) is 0 Å². The number of hydrogen-bond donors (Lipinski definition) is 1. The van der Waals surface area contributed by atoms with Gasteiger partial charge in [0.2, 0.25) is 0 Å². The molecule has 0 amide bonds. The van der Waals surface area contributed by atoms with Crippen LogP contribution in [-0.4, -0.2) is 15.7 Å². The lowest BCUT2D eigenvalue weighted by Crippen LogP contribution is -2.14. The van der Waals surface area contributed by atoms with Crippen molar-refractivity contribution in [3.8, 4) is 0 Å². The molecule has 19 heavy (non-hydrogen) atoms. The summed E-state index contributed by atoms with van der Waals surface area (Å²) in [6, 6.07) is 4.48. The quantitative estimate of drug-likeness (QED) is 0.852. The second-order valence-corrected chi connectivity index (χ2v) is 3.88. The van der Waals surface area contributed by atoms with Gasteiger partial charge < -0.3 is 10.5 Å². The first-order valence-electron chi connectivity index (χ1n) is 5.42. The van der Waals surface area contributed by atoms with Crippen LogP contribution in [0, 0.1) is 11.6 Å². The minimum Gasteiger partial charge on any atom is -0.459 e. The van der Waals surface area contributed by atoms with Crippen LogP contribution in [0.1, 0.15) is 5.56 Å². The molecule has 1 aromatic heterocycles. The van der Waals surface area contributed by atoms with Gasteiger partial charge in [0.05, 0.1) is 0 Å². The Balaban J connectivity index is 1.89. The van der Waals surface area contributed by atoms with Crippen molar-refractivity contribution >= 4 is 11.8 Å². The maximum atomic E-state index is 12.9. The monoisotopic (exact) mass is 267 g/mol. The number of ether oxygens (including phenoxy) is 1. The molecule has 100 valence electrons. The number of nitrogens with zero attached hydrogens (tertiary/aromatic N) is 2. The largest absolute Gasteiger partial charge is 0.459 e. The van der Waals surface area contributed by atoms with Gasteiger partial charge in [-0.1, -0.05) is 0 Å². The van der Waals surface area contributed by atoms with Gasteiger partial charge >= 0.3 is 5.97 Å². The highest BCUT2D eigenvalue weighted by Crippen LogP contribution is 2.09. The van der Waals surface area contributed by atoms with Crippen LogP contribution in [0.15, 0.2) is 30.5 Å². The number of hydrogen-bond acceptors (Lipinski definition) is 4. The number of rotatable bonds is 4. The Morgan fingerprint density at radius 1 is 1.32 bits per heavy atom. The molecule has 0 aliphatic carbocycles. The average molecular weight is 267 g/mol. The van der Waals surface area contributed by atoms with Gasteiger partial charge in [0.1, 0.15) is 30.6 Å². The van der Waals surface area contributed by atoms with Crippen LogP contribution >= 0.6 is 0 Å². The van der Waals surface area contributed by atoms with Crippen molar-refractivity contribution in [2.75, 3.05) is 5.73 Å². The van der Waals surface area contributed by atoms with Crippen LogP contribution in [0.2, 0.25) is 0 Å². The van der Waals surface area contributed by atoms with E-state index in [0.29, 0.717) is 5.82 Å². The average Bonchev–Trinajstić information content (AvgIpc) is 2.71. The van der Waals surface area contributed by atoms with E-state index in [1.165, 1.54) is 16.9 Å². The van der Waals surface area contributed by atoms with E-state index in [-0.39, 0.29) is 18.7 Å². The Labute approximate surface area is 107 Å². The first-order chi connectivity index (χ1) is 9.02. The molecule has 2 aromatic rings. The summed E-state index contributed by atoms with van der Waals surface area (Å²) < 4.78 is 32.0. The SMILES string of the molecule is Nc1ccn(CC(=O)OCc2cc(F)cc(F)c2)n1. The van der Waals surface area contributed by atoms with Crippen molar-refractivity contribution in [2.24, 2.45) is 0 Å². The van der Waals surface area contributed by atoms with Crippen molar-refractivity contribution in [2.45, 2.75) is 13.2 Å². The molecule has 0 aliphatic heterocycles. The van der Waals surface area contributed by atoms with E-state index in [9.17, 15) is 13.6 Å². The minimum atomic E-state index is -0.717. The standard InChI is InChI=1S/C12H11F2N3O2/c13-9-3-8(4-10(14)5-9)7-19-12(18)6-17-2-1-11(15)16-17/h1-5H,6-7H2,(H2,15,16). The summed E-state index contributed by atoms with van der Waals surface area (Å²) in [6.45, 7) is -0.320. The molecule has 0 bridgehead atoms. The summed E-state index contributed by atoms with van der Waals surface area (Å²) in [5, 5.41) is 3.81. The van der Waals surface area contributed by atoms with Gasteiger partial charge in [-0.25, -0.2) is 8.78 Å². The molecule has 0 aliphatic rings. The highest BCUT2D eigenvalue weighted by atomic mass is 19.1. The fourth-order valence-corrected chi connectivity index (χ4v) is 1.50. The molecule has 0 fully saturated rings. The Morgan fingerprint density at radius 2 is 2.00 bits per heavy atom. The molecule has 2 rings (SSSR count). The Kier molecular flexibility index (Phi) is 3.74. The van der Waals surface area contributed by atoms with E-state index in [1.807, 2.05) is 0 Å². The number of nitrogens with two attached hydrogens (primary N) is 1. The molecule has 7 heteroatoms. The Morgan fingerprint density at radius 3 is 2.58 bits per heavy atom. The van der Waals surface area contributed by atoms with Gasteiger partial charge in [-0.3, -0.25) is 9.48 Å². The summed E-state index contributed by atoms with van der Waals surface area (Å²) in [6.07, 6.45) is 1.53. The molecule has 1 aromatic carbocycles. The topological polar surface area (TPSA) is 70.1 Å². The zero-order valence-electron chi connectivity index (χ0n) is 9.85. The lowest BCUT2D eigenvalue weighted by molar-refractivity contribution is -0.145. The highest BCUT2D eigenvalue weighted by Gasteiger charge is 2.07. The normalized spacial score (nSPS) is 10.4. The first-order valence-corrected chi connectivity index (χ1v) is 5.42. The summed E-state index contributed by atoms with van der Waals surface area (Å²) in [5.74, 6) is -1.72. The zero-order valence-corrected chi connectivity index (χ0v) is 9.85. The number of halogens is 2. The molecule has 5 nitrogen and oxygen atoms in total. The maximum Gasteiger partial charge on any atom is 0.328 e. The van der Waals surface area contributed by atoms with Crippen molar-refractivity contribution in [3.63, 3.8) is 0 Å². The number of carbonyl (C=O) groups excluding carboxylic acids is 1. The van der Waals surface area contributed by atoms with Crippen molar-refractivity contribution in [3.05, 3.63) is 47.7 Å². The summed E-state index contributed by atoms with van der Waals surface area (Å²) in [4.78, 5) is 11.5. The van der Waals surface area contributed by atoms with E-state index in [2.05, 4.69) is 5.10 Å². The number of anilines is 1. The van der Waals surface area contributed by atoms with Crippen LogP contribution in [0.4, 0.5) is 14.6 Å². The summed E-state index contributed by atoms with van der Waals surface area (Å²) in [7, 11) is 0. The molecule has 0 atom stereocenters. The van der Waals surface area contributed by atoms with Crippen LogP contribution in [0.25, 0.3) is 0 Å². The van der Waals surface area contributed by atoms with Gasteiger partial charge in [0.25, 0.3) is 0 Å². The Hall–Kier alpha value is -2.44. The Bertz CT molecular complexity index is 578. The van der Waals surface area contributed by atoms with E-state index in [0.717, 1.165) is 18.2 Å². The fraction of sp³-hybridized carbons (Fsp3) is 0.167. The van der Waals surface area contributed by atoms with Gasteiger partial charge in [0.15, 0.2) is 0 Å². The zero-order chi connectivity index (χ0) is 13.8. The second kappa shape index (κ2) is 5.47. The molecule has 0 saturated carbocycles.